The molecule has 1 aliphatic heterocycles. The summed E-state index contributed by atoms with van der Waals surface area (Å²) in [7, 11) is 0. The zero-order valence-corrected chi connectivity index (χ0v) is 55.1. The lowest BCUT2D eigenvalue weighted by molar-refractivity contribution is -0.384. The highest BCUT2D eigenvalue weighted by molar-refractivity contribution is 5.98. The zero-order valence-electron chi connectivity index (χ0n) is 55.1. The Kier molecular flexibility index (Phi) is 39.9. The van der Waals surface area contributed by atoms with E-state index in [1.54, 1.807) is 43.0 Å². The predicted molar refractivity (Wildman–Crippen MR) is 350 cm³/mol. The number of non-ortho nitro benzene ring substituents is 1. The third kappa shape index (κ3) is 34.1. The first-order chi connectivity index (χ1) is 46.8. The topological polar surface area (TPSA) is 326 Å². The van der Waals surface area contributed by atoms with Gasteiger partial charge in [0.2, 0.25) is 29.5 Å². The van der Waals surface area contributed by atoms with Crippen LogP contribution in [-0.2, 0) is 98.7 Å². The Morgan fingerprint density at radius 3 is 1.46 bits per heavy atom. The molecule has 0 fully saturated rings. The molecule has 0 saturated heterocycles. The van der Waals surface area contributed by atoms with Crippen molar-refractivity contribution in [1.29, 1.82) is 0 Å². The zero-order chi connectivity index (χ0) is 68.6. The van der Waals surface area contributed by atoms with Crippen LogP contribution >= 0.6 is 0 Å². The van der Waals surface area contributed by atoms with Crippen molar-refractivity contribution in [3.63, 3.8) is 0 Å². The van der Waals surface area contributed by atoms with Crippen LogP contribution < -0.4 is 30.9 Å². The summed E-state index contributed by atoms with van der Waals surface area (Å²) in [5.41, 5.74) is 4.21. The number of fused-ring (bicyclic) bond motifs is 2. The summed E-state index contributed by atoms with van der Waals surface area (Å²) < 4.78 is 76.5. The second-order valence-electron chi connectivity index (χ2n) is 21.5. The number of nitro benzene ring substituents is 1. The molecule has 4 N–H and O–H groups in total. The smallest absolute Gasteiger partial charge is 0.429 e. The van der Waals surface area contributed by atoms with Gasteiger partial charge in [-0.1, -0.05) is 68.2 Å². The van der Waals surface area contributed by atoms with Gasteiger partial charge in [0, 0.05) is 54.8 Å². The molecule has 0 aliphatic carbocycles. The quantitative estimate of drug-likeness (QED) is 0.0108. The second-order valence-corrected chi connectivity index (χ2v) is 21.5. The van der Waals surface area contributed by atoms with E-state index in [9.17, 15) is 38.9 Å². The molecule has 526 valence electrons. The highest BCUT2D eigenvalue weighted by Gasteiger charge is 2.27. The van der Waals surface area contributed by atoms with Gasteiger partial charge in [0.1, 0.15) is 24.4 Å². The highest BCUT2D eigenvalue weighted by Crippen LogP contribution is 2.26. The summed E-state index contributed by atoms with van der Waals surface area (Å²) in [6.45, 7) is 15.0. The number of ether oxygens (including phenoxy) is 14. The summed E-state index contributed by atoms with van der Waals surface area (Å²) in [5.74, 6) is 4.42. The monoisotopic (exact) mass is 1340 g/mol. The number of nitro groups is 1. The normalized spacial score (nSPS) is 12.2. The Labute approximate surface area is 560 Å². The molecule has 0 radical (unpaired) electrons. The Balaban J connectivity index is 0.693. The molecule has 2 atom stereocenters. The van der Waals surface area contributed by atoms with Crippen molar-refractivity contribution in [1.82, 2.24) is 16.0 Å². The van der Waals surface area contributed by atoms with Crippen molar-refractivity contribution in [2.75, 3.05) is 175 Å². The Morgan fingerprint density at radius 2 is 0.958 bits per heavy atom. The number of anilines is 2. The van der Waals surface area contributed by atoms with Crippen LogP contribution in [0.15, 0.2) is 97.1 Å². The summed E-state index contributed by atoms with van der Waals surface area (Å²) in [4.78, 5) is 88.6. The van der Waals surface area contributed by atoms with E-state index in [2.05, 4.69) is 33.1 Å². The molecule has 5 rings (SSSR count). The highest BCUT2D eigenvalue weighted by atomic mass is 16.7. The SMILES string of the molecule is CC(C)[C@@H](NC(=O)CCOCCOCCOCCOCCOCCOCCOCCOCCOCCOCCOCCOCCNC(=O)CCC(=O)N1Cc2ccccc2C#Cc2ccccc21)C(=O)N[C@H](C)C(=O)Nc1ccc(COC(=O)Oc2ccc([N+](=O)[O-])cc2)cc1. The van der Waals surface area contributed by atoms with Crippen LogP contribution in [0.2, 0.25) is 0 Å². The van der Waals surface area contributed by atoms with E-state index < -0.39 is 40.9 Å². The van der Waals surface area contributed by atoms with E-state index in [0.717, 1.165) is 22.4 Å². The van der Waals surface area contributed by atoms with E-state index in [1.807, 2.05) is 48.5 Å². The van der Waals surface area contributed by atoms with Crippen LogP contribution in [0.25, 0.3) is 0 Å². The van der Waals surface area contributed by atoms with Gasteiger partial charge in [-0.25, -0.2) is 4.79 Å². The molecule has 5 amide bonds. The van der Waals surface area contributed by atoms with E-state index in [-0.39, 0.29) is 68.3 Å². The number of nitrogens with zero attached hydrogens (tertiary/aromatic N) is 2. The number of carbonyl (C=O) groups excluding carboxylic acids is 6. The average Bonchev–Trinajstić information content (AvgIpc) is 0.815. The van der Waals surface area contributed by atoms with Crippen molar-refractivity contribution in [3.8, 4) is 17.6 Å². The standard InChI is InChI=1S/C68H92N6O22/c1-52(2)65(67(79)70-53(3)66(78)71-58-16-12-54(13-17-58)51-95-68(80)96-60-20-18-59(19-21-60)74(81)82)72-63(76)24-26-83-28-30-85-32-34-87-36-38-89-40-42-91-44-46-93-48-49-94-47-45-92-43-41-90-39-37-88-35-33-86-31-29-84-27-25-69-62(75)22-23-64(77)73-50-57-10-5-4-8-55(57)14-15-56-9-6-7-11-61(56)73/h4-13,16-21,52-53,65H,22-51H2,1-3H3,(H,69,75)(H,70,79)(H,71,78)(H,72,76)/t53-,65-/m1/s1. The molecule has 0 spiro atoms. The molecule has 1 aliphatic rings. The van der Waals surface area contributed by atoms with Gasteiger partial charge in [0.05, 0.1) is 176 Å². The predicted octanol–water partition coefficient (Wildman–Crippen LogP) is 5.33. The van der Waals surface area contributed by atoms with Gasteiger partial charge in [-0.3, -0.25) is 34.1 Å². The molecule has 0 unspecified atom stereocenters. The fraction of sp³-hybridized carbons (Fsp3) is 0.529. The van der Waals surface area contributed by atoms with Crippen LogP contribution in [0.1, 0.15) is 62.3 Å². The minimum Gasteiger partial charge on any atom is -0.429 e. The van der Waals surface area contributed by atoms with Gasteiger partial charge in [0.25, 0.3) is 5.69 Å². The third-order valence-corrected chi connectivity index (χ3v) is 13.7. The molecule has 0 saturated carbocycles. The summed E-state index contributed by atoms with van der Waals surface area (Å²) in [5, 5.41) is 21.7. The summed E-state index contributed by atoms with van der Waals surface area (Å²) in [6, 6.07) is 24.8. The molecule has 96 heavy (non-hydrogen) atoms. The first-order valence-electron chi connectivity index (χ1n) is 32.0. The maximum atomic E-state index is 13.4. The lowest BCUT2D eigenvalue weighted by Crippen LogP contribution is -2.53. The fourth-order valence-corrected chi connectivity index (χ4v) is 8.59. The Morgan fingerprint density at radius 1 is 0.500 bits per heavy atom. The molecule has 0 bridgehead atoms. The number of carbonyl (C=O) groups is 6. The lowest BCUT2D eigenvalue weighted by atomic mass is 10.0. The van der Waals surface area contributed by atoms with E-state index >= 15 is 0 Å². The third-order valence-electron chi connectivity index (χ3n) is 13.7. The summed E-state index contributed by atoms with van der Waals surface area (Å²) >= 11 is 0. The molecule has 0 aromatic heterocycles. The maximum absolute atomic E-state index is 13.4. The summed E-state index contributed by atoms with van der Waals surface area (Å²) in [6.07, 6.45) is -0.853. The van der Waals surface area contributed by atoms with Gasteiger partial charge in [-0.2, -0.15) is 0 Å². The molecule has 1 heterocycles. The minimum atomic E-state index is -1.00. The minimum absolute atomic E-state index is 0.0116. The Hall–Kier alpha value is -8.02. The van der Waals surface area contributed by atoms with Gasteiger partial charge in [0.15, 0.2) is 0 Å². The van der Waals surface area contributed by atoms with Crippen LogP contribution in [0.5, 0.6) is 5.75 Å². The second kappa shape index (κ2) is 48.6. The van der Waals surface area contributed by atoms with Crippen LogP contribution in [-0.4, -0.2) is 218 Å². The van der Waals surface area contributed by atoms with Gasteiger partial charge in [-0.05, 0) is 66.4 Å². The lowest BCUT2D eigenvalue weighted by Gasteiger charge is -2.26. The van der Waals surface area contributed by atoms with Crippen molar-refractivity contribution >= 4 is 52.8 Å². The average molecular weight is 1350 g/mol. The van der Waals surface area contributed by atoms with Gasteiger partial charge in [-0.15, -0.1) is 0 Å². The van der Waals surface area contributed by atoms with Crippen LogP contribution in [0.3, 0.4) is 0 Å². The van der Waals surface area contributed by atoms with Crippen molar-refractivity contribution < 1.29 is 100 Å². The molecule has 4 aromatic carbocycles. The first kappa shape index (κ1) is 78.7. The molecule has 4 aromatic rings. The number of hydrogen-bond donors (Lipinski definition) is 4. The number of hydrogen-bond acceptors (Lipinski definition) is 22. The van der Waals surface area contributed by atoms with Crippen LogP contribution in [0, 0.1) is 27.9 Å². The van der Waals surface area contributed by atoms with E-state index in [1.165, 1.54) is 31.2 Å². The Bertz CT molecular complexity index is 2980. The van der Waals surface area contributed by atoms with Crippen molar-refractivity contribution in [3.05, 3.63) is 129 Å². The van der Waals surface area contributed by atoms with Gasteiger partial charge >= 0.3 is 6.16 Å². The fourth-order valence-electron chi connectivity index (χ4n) is 8.59. The number of nitrogens with one attached hydrogen (secondary N) is 4. The molecular formula is C68H92N6O22. The first-order valence-corrected chi connectivity index (χ1v) is 32.0. The van der Waals surface area contributed by atoms with Crippen molar-refractivity contribution in [2.24, 2.45) is 5.92 Å². The van der Waals surface area contributed by atoms with E-state index in [0.29, 0.717) is 170 Å². The molecule has 28 heteroatoms. The molecule has 28 nitrogen and oxygen atoms in total. The number of para-hydroxylation sites is 1. The number of benzene rings is 4. The van der Waals surface area contributed by atoms with Crippen LogP contribution in [0.4, 0.5) is 21.9 Å². The van der Waals surface area contributed by atoms with Crippen molar-refractivity contribution in [2.45, 2.75) is 65.3 Å². The molecular weight excluding hydrogens is 1250 g/mol. The number of rotatable bonds is 52. The van der Waals surface area contributed by atoms with E-state index in [4.69, 9.17) is 66.3 Å². The van der Waals surface area contributed by atoms with Gasteiger partial charge < -0.3 is 92.5 Å². The number of amides is 5. The maximum Gasteiger partial charge on any atom is 0.514 e. The largest absolute Gasteiger partial charge is 0.514 e.